The summed E-state index contributed by atoms with van der Waals surface area (Å²) in [5, 5.41) is 11.8. The van der Waals surface area contributed by atoms with E-state index in [2.05, 4.69) is 37.2 Å². The minimum atomic E-state index is -1.04. The van der Waals surface area contributed by atoms with Crippen LogP contribution >= 0.6 is 31.9 Å². The molecule has 0 aliphatic rings. The monoisotopic (exact) mass is 388 g/mol. The largest absolute Gasteiger partial charge is 0.495 e. The fraction of sp³-hybridized carbons (Fsp3) is 0.385. The summed E-state index contributed by atoms with van der Waals surface area (Å²) in [7, 11) is 1.55. The summed E-state index contributed by atoms with van der Waals surface area (Å²) in [5.41, 5.74) is -0.472. The number of nitrogens with zero attached hydrogens (tertiary/aromatic N) is 1. The Morgan fingerprint density at radius 1 is 1.47 bits per heavy atom. The third-order valence-electron chi connectivity index (χ3n) is 2.94. The highest BCUT2D eigenvalue weighted by Gasteiger charge is 2.31. The molecule has 0 fully saturated rings. The topological polar surface area (TPSA) is 62.1 Å². The molecule has 102 valence electrons. The van der Waals surface area contributed by atoms with Gasteiger partial charge in [-0.1, -0.05) is 6.92 Å². The highest BCUT2D eigenvalue weighted by atomic mass is 79.9. The second-order valence-electron chi connectivity index (χ2n) is 4.22. The number of carbonyl (C=O) groups is 1. The Bertz CT molecular complexity index is 540. The highest BCUT2D eigenvalue weighted by Crippen LogP contribution is 2.35. The lowest BCUT2D eigenvalue weighted by Gasteiger charge is -2.19. The minimum absolute atomic E-state index is 0.331. The first kappa shape index (κ1) is 16.0. The van der Waals surface area contributed by atoms with E-state index in [0.29, 0.717) is 22.3 Å². The summed E-state index contributed by atoms with van der Waals surface area (Å²) in [6.07, 6.45) is 0.445. The van der Waals surface area contributed by atoms with E-state index in [1.807, 2.05) is 6.07 Å². The number of ether oxygens (including phenoxy) is 1. The smallest absolute Gasteiger partial charge is 0.244 e. The Labute approximate surface area is 129 Å². The molecule has 4 nitrogen and oxygen atoms in total. The molecule has 19 heavy (non-hydrogen) atoms. The maximum Gasteiger partial charge on any atom is 0.244 e. The predicted molar refractivity (Wildman–Crippen MR) is 81.0 cm³/mol. The molecular formula is C13H14Br2N2O2. The van der Waals surface area contributed by atoms with Crippen LogP contribution in [0.15, 0.2) is 21.1 Å². The number of halogens is 2. The molecule has 1 N–H and O–H groups in total. The normalized spacial score (nSPS) is 13.3. The number of hydrogen-bond acceptors (Lipinski definition) is 3. The van der Waals surface area contributed by atoms with Gasteiger partial charge in [-0.15, -0.1) is 0 Å². The van der Waals surface area contributed by atoms with Crippen LogP contribution in [0.2, 0.25) is 0 Å². The Morgan fingerprint density at radius 2 is 2.11 bits per heavy atom. The zero-order valence-corrected chi connectivity index (χ0v) is 14.1. The summed E-state index contributed by atoms with van der Waals surface area (Å²) in [4.78, 5) is 12.1. The van der Waals surface area contributed by atoms with Crippen LogP contribution in [0.1, 0.15) is 20.3 Å². The molecule has 0 saturated carbocycles. The fourth-order valence-corrected chi connectivity index (χ4v) is 2.59. The van der Waals surface area contributed by atoms with Gasteiger partial charge in [0.15, 0.2) is 0 Å². The van der Waals surface area contributed by atoms with Gasteiger partial charge in [-0.2, -0.15) is 5.26 Å². The van der Waals surface area contributed by atoms with Crippen molar-refractivity contribution in [1.82, 2.24) is 0 Å². The first-order valence-corrected chi connectivity index (χ1v) is 7.22. The number of anilines is 1. The SMILES string of the molecule is CCC(C)(C#N)C(=O)Nc1cc(OC)c(Br)cc1Br. The van der Waals surface area contributed by atoms with Gasteiger partial charge in [0.2, 0.25) is 5.91 Å². The van der Waals surface area contributed by atoms with Crippen molar-refractivity contribution in [1.29, 1.82) is 5.26 Å². The Kier molecular flexibility index (Phi) is 5.39. The number of methoxy groups -OCH3 is 1. The number of amides is 1. The van der Waals surface area contributed by atoms with Crippen molar-refractivity contribution in [2.24, 2.45) is 5.41 Å². The molecule has 1 unspecified atom stereocenters. The van der Waals surface area contributed by atoms with Gasteiger partial charge in [0.25, 0.3) is 0 Å². The summed E-state index contributed by atoms with van der Waals surface area (Å²) in [5.74, 6) is 0.274. The molecule has 0 spiro atoms. The van der Waals surface area contributed by atoms with Gasteiger partial charge in [-0.05, 0) is 51.3 Å². The number of rotatable bonds is 4. The maximum absolute atomic E-state index is 12.1. The summed E-state index contributed by atoms with van der Waals surface area (Å²) in [6, 6.07) is 5.52. The van der Waals surface area contributed by atoms with Crippen LogP contribution in [0.4, 0.5) is 5.69 Å². The fourth-order valence-electron chi connectivity index (χ4n) is 1.33. The predicted octanol–water partition coefficient (Wildman–Crippen LogP) is 4.10. The first-order chi connectivity index (χ1) is 8.87. The molecule has 0 aromatic heterocycles. The van der Waals surface area contributed by atoms with Gasteiger partial charge in [0.05, 0.1) is 23.3 Å². The lowest BCUT2D eigenvalue weighted by molar-refractivity contribution is -0.122. The van der Waals surface area contributed by atoms with Crippen LogP contribution in [0, 0.1) is 16.7 Å². The third-order valence-corrected chi connectivity index (χ3v) is 4.22. The molecule has 0 bridgehead atoms. The number of carbonyl (C=O) groups excluding carboxylic acids is 1. The van der Waals surface area contributed by atoms with E-state index in [1.165, 1.54) is 0 Å². The van der Waals surface area contributed by atoms with E-state index in [1.54, 1.807) is 33.1 Å². The zero-order valence-electron chi connectivity index (χ0n) is 10.9. The third kappa shape index (κ3) is 3.48. The Hall–Kier alpha value is -1.06. The first-order valence-electron chi connectivity index (χ1n) is 5.63. The van der Waals surface area contributed by atoms with E-state index in [-0.39, 0.29) is 5.91 Å². The lowest BCUT2D eigenvalue weighted by Crippen LogP contribution is -2.31. The van der Waals surface area contributed by atoms with Crippen molar-refractivity contribution in [3.05, 3.63) is 21.1 Å². The number of benzene rings is 1. The number of nitriles is 1. The van der Waals surface area contributed by atoms with E-state index in [9.17, 15) is 4.79 Å². The van der Waals surface area contributed by atoms with Crippen LogP contribution in [-0.4, -0.2) is 13.0 Å². The molecule has 1 aromatic rings. The molecule has 1 amide bonds. The molecule has 0 saturated heterocycles. The molecule has 1 atom stereocenters. The van der Waals surface area contributed by atoms with Crippen LogP contribution in [0.3, 0.4) is 0 Å². The average molecular weight is 390 g/mol. The molecule has 1 aromatic carbocycles. The molecule has 0 radical (unpaired) electrons. The van der Waals surface area contributed by atoms with Crippen LogP contribution in [0.25, 0.3) is 0 Å². The zero-order chi connectivity index (χ0) is 14.6. The van der Waals surface area contributed by atoms with E-state index in [0.717, 1.165) is 4.47 Å². The second-order valence-corrected chi connectivity index (χ2v) is 5.93. The van der Waals surface area contributed by atoms with Crippen LogP contribution in [0.5, 0.6) is 5.75 Å². The molecule has 0 heterocycles. The molecule has 6 heteroatoms. The van der Waals surface area contributed by atoms with Crippen molar-refractivity contribution in [3.8, 4) is 11.8 Å². The lowest BCUT2D eigenvalue weighted by atomic mass is 9.88. The Balaban J connectivity index is 3.07. The van der Waals surface area contributed by atoms with Crippen molar-refractivity contribution < 1.29 is 9.53 Å². The van der Waals surface area contributed by atoms with Gasteiger partial charge in [0.1, 0.15) is 11.2 Å². The van der Waals surface area contributed by atoms with Gasteiger partial charge in [-0.3, -0.25) is 4.79 Å². The summed E-state index contributed by atoms with van der Waals surface area (Å²) < 4.78 is 6.67. The summed E-state index contributed by atoms with van der Waals surface area (Å²) >= 11 is 6.72. The van der Waals surface area contributed by atoms with Crippen LogP contribution < -0.4 is 10.1 Å². The van der Waals surface area contributed by atoms with Crippen molar-refractivity contribution in [2.75, 3.05) is 12.4 Å². The highest BCUT2D eigenvalue weighted by molar-refractivity contribution is 9.11. The quantitative estimate of drug-likeness (QED) is 0.843. The minimum Gasteiger partial charge on any atom is -0.495 e. The standard InChI is InChI=1S/C13H14Br2N2O2/c1-4-13(2,7-16)12(18)17-10-6-11(19-3)9(15)5-8(10)14/h5-6H,4H2,1-3H3,(H,17,18). The maximum atomic E-state index is 12.1. The average Bonchev–Trinajstić information content (AvgIpc) is 2.40. The molecule has 1 rings (SSSR count). The van der Waals surface area contributed by atoms with E-state index >= 15 is 0 Å². The van der Waals surface area contributed by atoms with Crippen molar-refractivity contribution >= 4 is 43.5 Å². The van der Waals surface area contributed by atoms with Crippen LogP contribution in [-0.2, 0) is 4.79 Å². The van der Waals surface area contributed by atoms with E-state index < -0.39 is 5.41 Å². The van der Waals surface area contributed by atoms with E-state index in [4.69, 9.17) is 10.00 Å². The van der Waals surface area contributed by atoms with Gasteiger partial charge < -0.3 is 10.1 Å². The number of nitrogens with one attached hydrogen (secondary N) is 1. The van der Waals surface area contributed by atoms with Crippen molar-refractivity contribution in [3.63, 3.8) is 0 Å². The second kappa shape index (κ2) is 6.40. The van der Waals surface area contributed by atoms with Crippen molar-refractivity contribution in [2.45, 2.75) is 20.3 Å². The van der Waals surface area contributed by atoms with Gasteiger partial charge >= 0.3 is 0 Å². The molecular weight excluding hydrogens is 376 g/mol. The summed E-state index contributed by atoms with van der Waals surface area (Å²) in [6.45, 7) is 3.42. The van der Waals surface area contributed by atoms with Gasteiger partial charge in [0, 0.05) is 10.5 Å². The molecule has 0 aliphatic heterocycles. The number of hydrogen-bond donors (Lipinski definition) is 1. The Morgan fingerprint density at radius 3 is 2.58 bits per heavy atom. The van der Waals surface area contributed by atoms with Gasteiger partial charge in [-0.25, -0.2) is 0 Å². The molecule has 0 aliphatic carbocycles.